The molecule has 8 heteroatoms. The fourth-order valence-corrected chi connectivity index (χ4v) is 5.06. The van der Waals surface area contributed by atoms with Gasteiger partial charge < -0.3 is 14.8 Å². The Hall–Kier alpha value is -2.97. The normalized spacial score (nSPS) is 11.6. The number of sulfone groups is 1. The summed E-state index contributed by atoms with van der Waals surface area (Å²) in [4.78, 5) is 16.2. The maximum atomic E-state index is 12.9. The van der Waals surface area contributed by atoms with E-state index in [-0.39, 0.29) is 28.6 Å². The van der Waals surface area contributed by atoms with Gasteiger partial charge in [-0.3, -0.25) is 0 Å². The summed E-state index contributed by atoms with van der Waals surface area (Å²) in [6.07, 6.45) is 2.33. The minimum Gasteiger partial charge on any atom is -0.478 e. The molecule has 0 amide bonds. The molecule has 3 aromatic rings. The van der Waals surface area contributed by atoms with E-state index in [1.807, 2.05) is 31.2 Å². The number of aliphatic hydroxyl groups excluding tert-OH is 1. The van der Waals surface area contributed by atoms with Gasteiger partial charge in [0.05, 0.1) is 24.5 Å². The Kier molecular flexibility index (Phi) is 7.48. The van der Waals surface area contributed by atoms with Crippen LogP contribution >= 0.6 is 0 Å². The van der Waals surface area contributed by atoms with Crippen LogP contribution in [0.1, 0.15) is 54.1 Å². The maximum Gasteiger partial charge on any atom is 0.336 e. The minimum atomic E-state index is -3.65. The van der Waals surface area contributed by atoms with Gasteiger partial charge in [0, 0.05) is 6.42 Å². The molecule has 170 valence electrons. The Balaban J connectivity index is 2.21. The van der Waals surface area contributed by atoms with Crippen molar-refractivity contribution in [1.82, 2.24) is 9.55 Å². The van der Waals surface area contributed by atoms with Gasteiger partial charge in [0.1, 0.15) is 11.5 Å². The number of hydrogen-bond donors (Lipinski definition) is 2. The molecule has 2 N–H and O–H groups in total. The first-order chi connectivity index (χ1) is 15.3. The smallest absolute Gasteiger partial charge is 0.336 e. The first-order valence-corrected chi connectivity index (χ1v) is 12.3. The van der Waals surface area contributed by atoms with E-state index < -0.39 is 22.4 Å². The van der Waals surface area contributed by atoms with Gasteiger partial charge in [-0.1, -0.05) is 62.7 Å². The highest BCUT2D eigenvalue weighted by atomic mass is 32.2. The highest BCUT2D eigenvalue weighted by Gasteiger charge is 2.27. The molecule has 0 aliphatic heterocycles. The lowest BCUT2D eigenvalue weighted by Gasteiger charge is -2.16. The van der Waals surface area contributed by atoms with Gasteiger partial charge in [-0.25, -0.2) is 18.2 Å². The number of nitrogens with zero attached hydrogens (tertiary/aromatic N) is 2. The lowest BCUT2D eigenvalue weighted by molar-refractivity contribution is 0.0697. The summed E-state index contributed by atoms with van der Waals surface area (Å²) in [7, 11) is -3.65. The highest BCUT2D eigenvalue weighted by molar-refractivity contribution is 7.91. The molecule has 1 aromatic heterocycles. The van der Waals surface area contributed by atoms with Crippen LogP contribution in [0.3, 0.4) is 0 Å². The summed E-state index contributed by atoms with van der Waals surface area (Å²) in [5.74, 6) is -0.537. The zero-order valence-electron chi connectivity index (χ0n) is 18.3. The summed E-state index contributed by atoms with van der Waals surface area (Å²) in [6, 6.07) is 14.1. The molecule has 32 heavy (non-hydrogen) atoms. The number of carboxylic acid groups (broad SMARTS) is 1. The van der Waals surface area contributed by atoms with E-state index in [0.29, 0.717) is 23.4 Å². The molecule has 0 aliphatic rings. The van der Waals surface area contributed by atoms with Crippen LogP contribution in [0.2, 0.25) is 0 Å². The van der Waals surface area contributed by atoms with E-state index in [1.165, 1.54) is 0 Å². The lowest BCUT2D eigenvalue weighted by Crippen LogP contribution is -2.16. The molecule has 2 aromatic carbocycles. The molecule has 7 nitrogen and oxygen atoms in total. The number of hydrogen-bond acceptors (Lipinski definition) is 5. The zero-order valence-corrected chi connectivity index (χ0v) is 19.1. The third-order valence-corrected chi connectivity index (χ3v) is 7.24. The van der Waals surface area contributed by atoms with E-state index in [4.69, 9.17) is 0 Å². The van der Waals surface area contributed by atoms with Crippen LogP contribution in [0, 0.1) is 0 Å². The summed E-state index contributed by atoms with van der Waals surface area (Å²) in [6.45, 7) is 3.34. The molecular weight excluding hydrogens is 428 g/mol. The van der Waals surface area contributed by atoms with Gasteiger partial charge in [0.2, 0.25) is 0 Å². The van der Waals surface area contributed by atoms with Crippen molar-refractivity contribution in [2.24, 2.45) is 0 Å². The molecule has 0 unspecified atom stereocenters. The van der Waals surface area contributed by atoms with Gasteiger partial charge >= 0.3 is 5.97 Å². The second-order valence-electron chi connectivity index (χ2n) is 7.54. The average Bonchev–Trinajstić information content (AvgIpc) is 3.16. The highest BCUT2D eigenvalue weighted by Crippen LogP contribution is 2.30. The van der Waals surface area contributed by atoms with Gasteiger partial charge in [-0.05, 0) is 29.2 Å². The predicted molar refractivity (Wildman–Crippen MR) is 122 cm³/mol. The Morgan fingerprint density at radius 3 is 2.31 bits per heavy atom. The van der Waals surface area contributed by atoms with Crippen molar-refractivity contribution in [3.8, 4) is 11.1 Å². The fourth-order valence-electron chi connectivity index (χ4n) is 3.81. The predicted octanol–water partition coefficient (Wildman–Crippen LogP) is 3.93. The molecule has 0 saturated heterocycles. The Morgan fingerprint density at radius 1 is 1.03 bits per heavy atom. The monoisotopic (exact) mass is 456 g/mol. The molecule has 1 heterocycles. The quantitative estimate of drug-likeness (QED) is 0.478. The van der Waals surface area contributed by atoms with E-state index in [9.17, 15) is 23.4 Å². The maximum absolute atomic E-state index is 12.9. The number of benzene rings is 2. The van der Waals surface area contributed by atoms with Gasteiger partial charge in [-0.15, -0.1) is 0 Å². The lowest BCUT2D eigenvalue weighted by atomic mass is 9.95. The second kappa shape index (κ2) is 10.1. The van der Waals surface area contributed by atoms with Crippen LogP contribution in [-0.2, 0) is 29.4 Å². The minimum absolute atomic E-state index is 0.0370. The van der Waals surface area contributed by atoms with Crippen molar-refractivity contribution in [2.75, 3.05) is 5.75 Å². The SMILES string of the molecule is CCCCc1nc(CO)c(S(=O)(=O)CC)n1Cc1ccccc1-c1ccccc1C(=O)O. The molecule has 0 fully saturated rings. The number of carboxylic acids is 1. The van der Waals surface area contributed by atoms with Crippen molar-refractivity contribution in [3.05, 3.63) is 71.2 Å². The van der Waals surface area contributed by atoms with E-state index in [0.717, 1.165) is 18.4 Å². The van der Waals surface area contributed by atoms with Crippen LogP contribution < -0.4 is 0 Å². The van der Waals surface area contributed by atoms with Crippen LogP contribution in [0.15, 0.2) is 53.6 Å². The number of unbranched alkanes of at least 4 members (excludes halogenated alkanes) is 1. The number of aromatic carboxylic acids is 1. The zero-order chi connectivity index (χ0) is 23.3. The largest absolute Gasteiger partial charge is 0.478 e. The second-order valence-corrected chi connectivity index (χ2v) is 9.73. The van der Waals surface area contributed by atoms with Crippen LogP contribution in [0.5, 0.6) is 0 Å². The molecule has 3 rings (SSSR count). The summed E-state index contributed by atoms with van der Waals surface area (Å²) < 4.78 is 27.5. The number of imidazole rings is 1. The topological polar surface area (TPSA) is 109 Å². The fraction of sp³-hybridized carbons (Fsp3) is 0.333. The number of aliphatic hydroxyl groups is 1. The van der Waals surface area contributed by atoms with Gasteiger partial charge in [0.15, 0.2) is 14.9 Å². The standard InChI is InChI=1S/C24H28N2O5S/c1-3-5-14-22-25-21(16-27)23(32(30,31)4-2)26(22)15-17-10-6-7-11-18(17)19-12-8-9-13-20(19)24(28)29/h6-13,27H,3-5,14-16H2,1-2H3,(H,28,29). The first kappa shape index (κ1) is 23.7. The molecule has 0 spiro atoms. The van der Waals surface area contributed by atoms with E-state index >= 15 is 0 Å². The third-order valence-electron chi connectivity index (χ3n) is 5.44. The molecular formula is C24H28N2O5S. The average molecular weight is 457 g/mol. The number of carbonyl (C=O) groups is 1. The number of aromatic nitrogens is 2. The van der Waals surface area contributed by atoms with E-state index in [1.54, 1.807) is 35.8 Å². The van der Waals surface area contributed by atoms with Crippen molar-refractivity contribution in [3.63, 3.8) is 0 Å². The van der Waals surface area contributed by atoms with Crippen molar-refractivity contribution in [2.45, 2.75) is 51.3 Å². The van der Waals surface area contributed by atoms with Crippen LogP contribution in [-0.4, -0.2) is 39.9 Å². The van der Waals surface area contributed by atoms with Crippen LogP contribution in [0.25, 0.3) is 11.1 Å². The van der Waals surface area contributed by atoms with Gasteiger partial charge in [-0.2, -0.15) is 0 Å². The van der Waals surface area contributed by atoms with E-state index in [2.05, 4.69) is 4.98 Å². The Bertz CT molecular complexity index is 1210. The molecule has 0 aliphatic carbocycles. The summed E-state index contributed by atoms with van der Waals surface area (Å²) in [5.41, 5.74) is 2.38. The number of rotatable bonds is 10. The molecule has 0 bridgehead atoms. The first-order valence-electron chi connectivity index (χ1n) is 10.7. The number of aryl methyl sites for hydroxylation is 1. The summed E-state index contributed by atoms with van der Waals surface area (Å²) in [5, 5.41) is 19.5. The molecule has 0 radical (unpaired) electrons. The third kappa shape index (κ3) is 4.76. The van der Waals surface area contributed by atoms with Crippen molar-refractivity contribution >= 4 is 15.8 Å². The summed E-state index contributed by atoms with van der Waals surface area (Å²) >= 11 is 0. The molecule has 0 atom stereocenters. The molecule has 0 saturated carbocycles. The van der Waals surface area contributed by atoms with Crippen molar-refractivity contribution < 1.29 is 23.4 Å². The Morgan fingerprint density at radius 2 is 1.69 bits per heavy atom. The van der Waals surface area contributed by atoms with Crippen molar-refractivity contribution in [1.29, 1.82) is 0 Å². The van der Waals surface area contributed by atoms with Crippen LogP contribution in [0.4, 0.5) is 0 Å². The van der Waals surface area contributed by atoms with Gasteiger partial charge in [0.25, 0.3) is 0 Å². The Labute approximate surface area is 188 Å².